The van der Waals surface area contributed by atoms with E-state index >= 15 is 0 Å². The highest BCUT2D eigenvalue weighted by atomic mass is 16.8. The van der Waals surface area contributed by atoms with E-state index in [2.05, 4.69) is 27.7 Å². The van der Waals surface area contributed by atoms with Crippen molar-refractivity contribution in [3.8, 4) is 0 Å². The van der Waals surface area contributed by atoms with Gasteiger partial charge in [0.2, 0.25) is 0 Å². The summed E-state index contributed by atoms with van der Waals surface area (Å²) in [5, 5.41) is 0. The Kier molecular flexibility index (Phi) is 5.57. The molecule has 4 rings (SSSR count). The molecule has 0 amide bonds. The van der Waals surface area contributed by atoms with Gasteiger partial charge in [0, 0.05) is 38.9 Å². The molecule has 4 fully saturated rings. The monoisotopic (exact) mass is 424 g/mol. The van der Waals surface area contributed by atoms with Gasteiger partial charge in [0.05, 0.1) is 5.60 Å². The lowest BCUT2D eigenvalue weighted by Gasteiger charge is -2.65. The van der Waals surface area contributed by atoms with Gasteiger partial charge in [0.1, 0.15) is 11.7 Å². The molecule has 172 valence electrons. The molecule has 30 heavy (non-hydrogen) atoms. The predicted molar refractivity (Wildman–Crippen MR) is 112 cm³/mol. The largest absolute Gasteiger partial charge is 0.462 e. The maximum atomic E-state index is 12.0. The second-order valence-corrected chi connectivity index (χ2v) is 11.2. The summed E-state index contributed by atoms with van der Waals surface area (Å²) in [6, 6.07) is 0. The first-order chi connectivity index (χ1) is 14.0. The number of carbonyl (C=O) groups is 1. The van der Waals surface area contributed by atoms with Crippen LogP contribution in [0.3, 0.4) is 0 Å². The van der Waals surface area contributed by atoms with Crippen molar-refractivity contribution in [2.75, 3.05) is 14.2 Å². The van der Waals surface area contributed by atoms with Crippen LogP contribution in [-0.2, 0) is 28.5 Å². The SMILES string of the molecule is CO[C@@H]1C[C@]2(CC[C@]3(O2)[C@@H](C)C[C@H](OC(C)=O)[C@@H]2C(C)(C)CCC[C@]23C)[C@@H](OC)O1. The van der Waals surface area contributed by atoms with Crippen molar-refractivity contribution in [3.05, 3.63) is 0 Å². The number of ether oxygens (including phenoxy) is 5. The molecule has 6 nitrogen and oxygen atoms in total. The van der Waals surface area contributed by atoms with E-state index < -0.39 is 11.9 Å². The van der Waals surface area contributed by atoms with Crippen LogP contribution in [0.25, 0.3) is 0 Å². The Labute approximate surface area is 181 Å². The molecule has 6 heteroatoms. The molecule has 0 aromatic carbocycles. The third-order valence-electron chi connectivity index (χ3n) is 9.08. The van der Waals surface area contributed by atoms with E-state index in [-0.39, 0.29) is 46.6 Å². The average Bonchev–Trinajstić information content (AvgIpc) is 3.21. The quantitative estimate of drug-likeness (QED) is 0.624. The Morgan fingerprint density at radius 1 is 1.03 bits per heavy atom. The van der Waals surface area contributed by atoms with Crippen molar-refractivity contribution >= 4 is 5.97 Å². The molecule has 0 unspecified atom stereocenters. The zero-order chi connectivity index (χ0) is 21.9. The van der Waals surface area contributed by atoms with Crippen molar-refractivity contribution in [2.45, 2.75) is 109 Å². The van der Waals surface area contributed by atoms with Crippen molar-refractivity contribution in [1.29, 1.82) is 0 Å². The minimum absolute atomic E-state index is 0.0617. The Morgan fingerprint density at radius 3 is 2.40 bits per heavy atom. The van der Waals surface area contributed by atoms with Gasteiger partial charge >= 0.3 is 5.97 Å². The maximum absolute atomic E-state index is 12.0. The summed E-state index contributed by atoms with van der Waals surface area (Å²) >= 11 is 0. The smallest absolute Gasteiger partial charge is 0.302 e. The summed E-state index contributed by atoms with van der Waals surface area (Å²) in [4.78, 5) is 12.0. The third-order valence-corrected chi connectivity index (χ3v) is 9.08. The molecular formula is C24H40O6. The molecule has 2 saturated heterocycles. The summed E-state index contributed by atoms with van der Waals surface area (Å²) in [7, 11) is 3.36. The average molecular weight is 425 g/mol. The van der Waals surface area contributed by atoms with Crippen molar-refractivity contribution in [1.82, 2.24) is 0 Å². The van der Waals surface area contributed by atoms with E-state index in [4.69, 9.17) is 23.7 Å². The van der Waals surface area contributed by atoms with Crippen LogP contribution in [0.15, 0.2) is 0 Å². The highest BCUT2D eigenvalue weighted by Crippen LogP contribution is 2.69. The van der Waals surface area contributed by atoms with Crippen LogP contribution in [0.2, 0.25) is 0 Å². The predicted octanol–water partition coefficient (Wildman–Crippen LogP) is 4.44. The van der Waals surface area contributed by atoms with E-state index in [1.165, 1.54) is 13.3 Å². The Balaban J connectivity index is 1.74. The molecular weight excluding hydrogens is 384 g/mol. The molecule has 0 aromatic rings. The fraction of sp³-hybridized carbons (Fsp3) is 0.958. The van der Waals surface area contributed by atoms with E-state index in [0.717, 1.165) is 32.1 Å². The van der Waals surface area contributed by atoms with E-state index in [1.54, 1.807) is 14.2 Å². The number of methoxy groups -OCH3 is 2. The van der Waals surface area contributed by atoms with Gasteiger partial charge in [-0.15, -0.1) is 0 Å². The highest BCUT2D eigenvalue weighted by Gasteiger charge is 2.72. The molecule has 0 radical (unpaired) electrons. The van der Waals surface area contributed by atoms with Gasteiger partial charge in [0.25, 0.3) is 0 Å². The lowest BCUT2D eigenvalue weighted by atomic mass is 9.43. The van der Waals surface area contributed by atoms with Crippen LogP contribution in [-0.4, -0.2) is 50.1 Å². The number of esters is 1. The maximum Gasteiger partial charge on any atom is 0.302 e. The molecule has 2 spiro atoms. The summed E-state index contributed by atoms with van der Waals surface area (Å²) in [6.45, 7) is 10.9. The fourth-order valence-corrected chi connectivity index (χ4v) is 8.06. The number of fused-ring (bicyclic) bond motifs is 2. The van der Waals surface area contributed by atoms with Gasteiger partial charge in [-0.25, -0.2) is 0 Å². The second-order valence-electron chi connectivity index (χ2n) is 11.2. The van der Waals surface area contributed by atoms with Gasteiger partial charge in [0.15, 0.2) is 12.6 Å². The molecule has 0 bridgehead atoms. The van der Waals surface area contributed by atoms with Gasteiger partial charge in [-0.1, -0.05) is 34.1 Å². The van der Waals surface area contributed by atoms with Crippen LogP contribution in [0, 0.1) is 22.7 Å². The Hall–Kier alpha value is -0.690. The third kappa shape index (κ3) is 3.08. The normalized spacial score (nSPS) is 50.0. The van der Waals surface area contributed by atoms with Crippen LogP contribution in [0.5, 0.6) is 0 Å². The van der Waals surface area contributed by atoms with Gasteiger partial charge in [-0.2, -0.15) is 0 Å². The minimum Gasteiger partial charge on any atom is -0.462 e. The summed E-state index contributed by atoms with van der Waals surface area (Å²) in [5.41, 5.74) is -0.761. The minimum atomic E-state index is -0.479. The Bertz CT molecular complexity index is 679. The van der Waals surface area contributed by atoms with Gasteiger partial charge < -0.3 is 23.7 Å². The molecule has 8 atom stereocenters. The van der Waals surface area contributed by atoms with Crippen LogP contribution in [0.4, 0.5) is 0 Å². The number of rotatable bonds is 3. The molecule has 2 saturated carbocycles. The van der Waals surface area contributed by atoms with E-state index in [9.17, 15) is 4.79 Å². The summed E-state index contributed by atoms with van der Waals surface area (Å²) in [6.07, 6.45) is 6.03. The molecule has 0 aromatic heterocycles. The lowest BCUT2D eigenvalue weighted by Crippen LogP contribution is -2.67. The van der Waals surface area contributed by atoms with Gasteiger partial charge in [-0.3, -0.25) is 4.79 Å². The van der Waals surface area contributed by atoms with Crippen LogP contribution >= 0.6 is 0 Å². The summed E-state index contributed by atoms with van der Waals surface area (Å²) in [5.74, 6) is 0.355. The number of hydrogen-bond donors (Lipinski definition) is 0. The molecule has 2 aliphatic carbocycles. The Morgan fingerprint density at radius 2 is 1.77 bits per heavy atom. The number of carbonyl (C=O) groups excluding carboxylic acids is 1. The fourth-order valence-electron chi connectivity index (χ4n) is 8.06. The lowest BCUT2D eigenvalue weighted by molar-refractivity contribution is -0.296. The van der Waals surface area contributed by atoms with E-state index in [1.807, 2.05) is 0 Å². The first-order valence-corrected chi connectivity index (χ1v) is 11.6. The highest BCUT2D eigenvalue weighted by molar-refractivity contribution is 5.66. The first-order valence-electron chi connectivity index (χ1n) is 11.6. The first kappa shape index (κ1) is 22.5. The number of hydrogen-bond acceptors (Lipinski definition) is 6. The zero-order valence-electron chi connectivity index (χ0n) is 19.8. The summed E-state index contributed by atoms with van der Waals surface area (Å²) < 4.78 is 30.5. The topological polar surface area (TPSA) is 63.2 Å². The van der Waals surface area contributed by atoms with Crippen molar-refractivity contribution in [3.63, 3.8) is 0 Å². The van der Waals surface area contributed by atoms with Crippen molar-refractivity contribution in [2.24, 2.45) is 22.7 Å². The molecule has 0 N–H and O–H groups in total. The molecule has 2 heterocycles. The molecule has 4 aliphatic rings. The van der Waals surface area contributed by atoms with Crippen LogP contribution in [0.1, 0.15) is 79.6 Å². The van der Waals surface area contributed by atoms with Gasteiger partial charge in [-0.05, 0) is 43.4 Å². The van der Waals surface area contributed by atoms with Crippen LogP contribution < -0.4 is 0 Å². The molecule has 2 aliphatic heterocycles. The standard InChI is InChI=1S/C24H40O6/c1-15-13-17(28-16(2)25)19-21(3,4)9-8-10-22(19,5)24(15)12-11-23(30-24)14-18(26-6)29-20(23)27-7/h15,17-20H,8-14H2,1-7H3/t15-,17-,18-,19+,20-,22+,23+,24-/m0/s1. The van der Waals surface area contributed by atoms with Crippen molar-refractivity contribution < 1.29 is 28.5 Å². The zero-order valence-corrected chi connectivity index (χ0v) is 19.8. The van der Waals surface area contributed by atoms with E-state index in [0.29, 0.717) is 6.42 Å². The second kappa shape index (κ2) is 7.43.